The van der Waals surface area contributed by atoms with Crippen LogP contribution in [0.15, 0.2) is 35.1 Å². The van der Waals surface area contributed by atoms with Gasteiger partial charge in [-0.25, -0.2) is 4.79 Å². The number of nitrogens with one attached hydrogen (secondary N) is 1. The Hall–Kier alpha value is -3.23. The highest BCUT2D eigenvalue weighted by atomic mass is 16.5. The lowest BCUT2D eigenvalue weighted by atomic mass is 10.1. The summed E-state index contributed by atoms with van der Waals surface area (Å²) in [5, 5.41) is 9.68. The number of benzene rings is 1. The fraction of sp³-hybridized carbons (Fsp3) is 0.267. The molecule has 2 rings (SSSR count). The minimum atomic E-state index is -0.652. The molecule has 0 unspecified atom stereocenters. The molecule has 0 radical (unpaired) electrons. The Kier molecular flexibility index (Phi) is 5.61. The van der Waals surface area contributed by atoms with Crippen LogP contribution in [0.25, 0.3) is 11.5 Å². The molecule has 0 atom stereocenters. The van der Waals surface area contributed by atoms with E-state index in [0.717, 1.165) is 0 Å². The van der Waals surface area contributed by atoms with E-state index in [9.17, 15) is 14.4 Å². The van der Waals surface area contributed by atoms with Crippen LogP contribution in [0.1, 0.15) is 10.4 Å². The number of hydrogen-bond acceptors (Lipinski definition) is 7. The Labute approximate surface area is 137 Å². The van der Waals surface area contributed by atoms with E-state index in [4.69, 9.17) is 9.15 Å². The predicted molar refractivity (Wildman–Crippen MR) is 81.7 cm³/mol. The lowest BCUT2D eigenvalue weighted by Gasteiger charge is -2.11. The molecule has 0 fully saturated rings. The molecule has 0 spiro atoms. The summed E-state index contributed by atoms with van der Waals surface area (Å²) in [5.74, 6) is -1.13. The molecule has 2 aromatic rings. The number of likely N-dealkylation sites (N-methyl/N-ethyl adjacent to an activating group) is 1. The zero-order valence-corrected chi connectivity index (χ0v) is 13.2. The summed E-state index contributed by atoms with van der Waals surface area (Å²) < 4.78 is 9.93. The van der Waals surface area contributed by atoms with Crippen molar-refractivity contribution in [1.82, 2.24) is 20.4 Å². The number of carbonyl (C=O) groups excluding carboxylic acids is 3. The maximum absolute atomic E-state index is 11.9. The highest BCUT2D eigenvalue weighted by Crippen LogP contribution is 2.16. The van der Waals surface area contributed by atoms with Crippen LogP contribution in [0, 0.1) is 0 Å². The van der Waals surface area contributed by atoms with Gasteiger partial charge in [0.1, 0.15) is 0 Å². The first kappa shape index (κ1) is 17.1. The maximum atomic E-state index is 11.9. The Morgan fingerprint density at radius 3 is 2.50 bits per heavy atom. The van der Waals surface area contributed by atoms with Crippen LogP contribution in [0.4, 0.5) is 0 Å². The number of rotatable bonds is 6. The number of ether oxygens (including phenoxy) is 1. The van der Waals surface area contributed by atoms with Crippen molar-refractivity contribution in [2.45, 2.75) is 0 Å². The molecule has 0 aliphatic carbocycles. The summed E-state index contributed by atoms with van der Waals surface area (Å²) in [6.45, 7) is -0.618. The van der Waals surface area contributed by atoms with Gasteiger partial charge in [-0.05, 0) is 24.3 Å². The molecule has 1 heterocycles. The molecule has 1 N–H and O–H groups in total. The van der Waals surface area contributed by atoms with E-state index in [-0.39, 0.29) is 18.0 Å². The molecule has 2 amide bonds. The summed E-state index contributed by atoms with van der Waals surface area (Å²) in [6.07, 6.45) is 1.21. The highest BCUT2D eigenvalue weighted by molar-refractivity contribution is 5.92. The third-order valence-electron chi connectivity index (χ3n) is 3.00. The largest absolute Gasteiger partial charge is 0.452 e. The van der Waals surface area contributed by atoms with Crippen molar-refractivity contribution in [3.63, 3.8) is 0 Å². The third kappa shape index (κ3) is 4.63. The Morgan fingerprint density at radius 1 is 1.21 bits per heavy atom. The lowest BCUT2D eigenvalue weighted by Crippen LogP contribution is -2.38. The third-order valence-corrected chi connectivity index (χ3v) is 3.00. The molecule has 0 saturated carbocycles. The first-order chi connectivity index (χ1) is 11.5. The van der Waals surface area contributed by atoms with Gasteiger partial charge in [0.05, 0.1) is 12.1 Å². The van der Waals surface area contributed by atoms with Crippen molar-refractivity contribution in [2.24, 2.45) is 0 Å². The summed E-state index contributed by atoms with van der Waals surface area (Å²) in [5.41, 5.74) is 0.930. The van der Waals surface area contributed by atoms with Gasteiger partial charge in [0.2, 0.25) is 18.2 Å². The van der Waals surface area contributed by atoms with E-state index in [1.54, 1.807) is 26.2 Å². The maximum Gasteiger partial charge on any atom is 0.338 e. The second-order valence-electron chi connectivity index (χ2n) is 4.96. The van der Waals surface area contributed by atoms with Crippen molar-refractivity contribution in [1.29, 1.82) is 0 Å². The SMILES string of the molecule is CN(C)C(=O)CNC(=O)COC(=O)c1ccc(-c2nnco2)cc1. The smallest absolute Gasteiger partial charge is 0.338 e. The van der Waals surface area contributed by atoms with Gasteiger partial charge >= 0.3 is 5.97 Å². The van der Waals surface area contributed by atoms with Gasteiger partial charge in [-0.1, -0.05) is 0 Å². The summed E-state index contributed by atoms with van der Waals surface area (Å²) in [4.78, 5) is 36.1. The summed E-state index contributed by atoms with van der Waals surface area (Å²) in [7, 11) is 3.15. The van der Waals surface area contributed by atoms with Crippen LogP contribution in [0.2, 0.25) is 0 Å². The van der Waals surface area contributed by atoms with E-state index in [0.29, 0.717) is 11.5 Å². The average molecular weight is 332 g/mol. The lowest BCUT2D eigenvalue weighted by molar-refractivity contribution is -0.131. The van der Waals surface area contributed by atoms with Crippen LogP contribution < -0.4 is 5.32 Å². The zero-order valence-electron chi connectivity index (χ0n) is 13.2. The van der Waals surface area contributed by atoms with Gasteiger partial charge in [0.25, 0.3) is 5.91 Å². The molecule has 0 saturated heterocycles. The van der Waals surface area contributed by atoms with E-state index in [1.165, 1.54) is 23.4 Å². The van der Waals surface area contributed by atoms with Crippen LogP contribution in [0.5, 0.6) is 0 Å². The van der Waals surface area contributed by atoms with Gasteiger partial charge in [0, 0.05) is 19.7 Å². The van der Waals surface area contributed by atoms with Crippen molar-refractivity contribution in [2.75, 3.05) is 27.2 Å². The van der Waals surface area contributed by atoms with Gasteiger partial charge in [-0.2, -0.15) is 0 Å². The van der Waals surface area contributed by atoms with Crippen molar-refractivity contribution >= 4 is 17.8 Å². The van der Waals surface area contributed by atoms with Gasteiger partial charge in [0.15, 0.2) is 6.61 Å². The topological polar surface area (TPSA) is 115 Å². The van der Waals surface area contributed by atoms with Gasteiger partial charge in [-0.3, -0.25) is 9.59 Å². The fourth-order valence-corrected chi connectivity index (χ4v) is 1.65. The molecule has 1 aromatic heterocycles. The number of amides is 2. The summed E-state index contributed by atoms with van der Waals surface area (Å²) in [6, 6.07) is 6.30. The second-order valence-corrected chi connectivity index (χ2v) is 4.96. The molecular weight excluding hydrogens is 316 g/mol. The van der Waals surface area contributed by atoms with Crippen LogP contribution >= 0.6 is 0 Å². The molecular formula is C15H16N4O5. The zero-order chi connectivity index (χ0) is 17.5. The average Bonchev–Trinajstić information content (AvgIpc) is 3.12. The molecule has 1 aromatic carbocycles. The minimum Gasteiger partial charge on any atom is -0.452 e. The first-order valence-electron chi connectivity index (χ1n) is 6.98. The molecule has 126 valence electrons. The van der Waals surface area contributed by atoms with Gasteiger partial charge < -0.3 is 19.4 Å². The Morgan fingerprint density at radius 2 is 1.92 bits per heavy atom. The molecule has 0 aliphatic rings. The standard InChI is InChI=1S/C15H16N4O5/c1-19(2)13(21)7-16-12(20)8-23-15(22)11-5-3-10(4-6-11)14-18-17-9-24-14/h3-6,9H,7-8H2,1-2H3,(H,16,20). The van der Waals surface area contributed by atoms with E-state index < -0.39 is 18.5 Å². The molecule has 0 aliphatic heterocycles. The quantitative estimate of drug-likeness (QED) is 0.746. The van der Waals surface area contributed by atoms with Crippen LogP contribution in [-0.4, -0.2) is 60.1 Å². The predicted octanol–water partition coefficient (Wildman–Crippen LogP) is 0.0978. The molecule has 24 heavy (non-hydrogen) atoms. The normalized spacial score (nSPS) is 10.1. The Bertz CT molecular complexity index is 710. The number of carbonyl (C=O) groups is 3. The van der Waals surface area contributed by atoms with Crippen molar-refractivity contribution in [3.8, 4) is 11.5 Å². The number of nitrogens with zero attached hydrogens (tertiary/aromatic N) is 3. The van der Waals surface area contributed by atoms with Crippen LogP contribution in [-0.2, 0) is 14.3 Å². The highest BCUT2D eigenvalue weighted by Gasteiger charge is 2.12. The molecule has 0 bridgehead atoms. The number of esters is 1. The Balaban J connectivity index is 1.82. The van der Waals surface area contributed by atoms with Crippen molar-refractivity contribution in [3.05, 3.63) is 36.2 Å². The fourth-order valence-electron chi connectivity index (χ4n) is 1.65. The minimum absolute atomic E-state index is 0.151. The van der Waals surface area contributed by atoms with Crippen LogP contribution in [0.3, 0.4) is 0 Å². The van der Waals surface area contributed by atoms with E-state index in [1.807, 2.05) is 0 Å². The number of aromatic nitrogens is 2. The first-order valence-corrected chi connectivity index (χ1v) is 6.98. The number of hydrogen-bond donors (Lipinski definition) is 1. The molecule has 9 heteroatoms. The monoisotopic (exact) mass is 332 g/mol. The van der Waals surface area contributed by atoms with E-state index in [2.05, 4.69) is 15.5 Å². The molecule has 9 nitrogen and oxygen atoms in total. The van der Waals surface area contributed by atoms with E-state index >= 15 is 0 Å². The van der Waals surface area contributed by atoms with Gasteiger partial charge in [-0.15, -0.1) is 10.2 Å². The second kappa shape index (κ2) is 7.86. The summed E-state index contributed by atoms with van der Waals surface area (Å²) >= 11 is 0. The van der Waals surface area contributed by atoms with Crippen molar-refractivity contribution < 1.29 is 23.5 Å².